The summed E-state index contributed by atoms with van der Waals surface area (Å²) in [7, 11) is 0. The number of anilines is 1. The van der Waals surface area contributed by atoms with E-state index < -0.39 is 28.8 Å². The molecule has 1 aromatic carbocycles. The lowest BCUT2D eigenvalue weighted by atomic mass is 9.94. The van der Waals surface area contributed by atoms with Gasteiger partial charge in [-0.05, 0) is 25.0 Å². The molecule has 3 N–H and O–H groups in total. The molecule has 104 valence electrons. The maximum Gasteiger partial charge on any atom is 0.226 e. The third kappa shape index (κ3) is 3.51. The first-order valence-electron chi connectivity index (χ1n) is 6.13. The molecule has 0 bridgehead atoms. The number of rotatable bonds is 3. The van der Waals surface area contributed by atoms with Crippen LogP contribution in [0.25, 0.3) is 0 Å². The molecule has 0 aliphatic heterocycles. The van der Waals surface area contributed by atoms with Gasteiger partial charge in [0, 0.05) is 16.4 Å². The fourth-order valence-electron chi connectivity index (χ4n) is 2.42. The van der Waals surface area contributed by atoms with Gasteiger partial charge in [0.15, 0.2) is 11.6 Å². The number of carbonyl (C=O) groups is 1. The second-order valence-corrected chi connectivity index (χ2v) is 5.95. The minimum atomic E-state index is -0.808. The van der Waals surface area contributed by atoms with Crippen molar-refractivity contribution in [2.24, 2.45) is 5.73 Å². The molecule has 1 fully saturated rings. The highest BCUT2D eigenvalue weighted by Crippen LogP contribution is 2.31. The largest absolute Gasteiger partial charge is 0.325 e. The van der Waals surface area contributed by atoms with E-state index in [9.17, 15) is 13.6 Å². The summed E-state index contributed by atoms with van der Waals surface area (Å²) >= 11 is 2.98. The first kappa shape index (κ1) is 14.4. The van der Waals surface area contributed by atoms with Crippen molar-refractivity contribution in [1.29, 1.82) is 0 Å². The van der Waals surface area contributed by atoms with Gasteiger partial charge in [-0.25, -0.2) is 8.78 Å². The van der Waals surface area contributed by atoms with E-state index in [4.69, 9.17) is 5.73 Å². The molecule has 0 spiro atoms. The van der Waals surface area contributed by atoms with Crippen molar-refractivity contribution in [3.63, 3.8) is 0 Å². The zero-order valence-electron chi connectivity index (χ0n) is 10.3. The minimum absolute atomic E-state index is 0.0853. The van der Waals surface area contributed by atoms with Crippen molar-refractivity contribution in [3.8, 4) is 0 Å². The zero-order chi connectivity index (χ0) is 14.0. The van der Waals surface area contributed by atoms with E-state index in [0.717, 1.165) is 37.8 Å². The standard InChI is InChI=1S/C13H15BrF2N2O/c14-8-5-9(15)12(10(16)6-8)18-11(19)7-13(17)3-1-2-4-13/h5-6H,1-4,7,17H2,(H,18,19). The molecule has 0 heterocycles. The summed E-state index contributed by atoms with van der Waals surface area (Å²) in [6.45, 7) is 0. The Hall–Kier alpha value is -1.01. The van der Waals surface area contributed by atoms with Gasteiger partial charge in [-0.2, -0.15) is 0 Å². The minimum Gasteiger partial charge on any atom is -0.325 e. The van der Waals surface area contributed by atoms with Crippen LogP contribution in [0.3, 0.4) is 0 Å². The highest BCUT2D eigenvalue weighted by Gasteiger charge is 2.32. The van der Waals surface area contributed by atoms with Crippen LogP contribution < -0.4 is 11.1 Å². The predicted octanol–water partition coefficient (Wildman–Crippen LogP) is 3.33. The molecule has 1 aromatic rings. The van der Waals surface area contributed by atoms with Crippen LogP contribution in [0.1, 0.15) is 32.1 Å². The summed E-state index contributed by atoms with van der Waals surface area (Å²) in [4.78, 5) is 11.8. The Morgan fingerprint density at radius 3 is 2.37 bits per heavy atom. The fraction of sp³-hybridized carbons (Fsp3) is 0.462. The maximum atomic E-state index is 13.6. The van der Waals surface area contributed by atoms with Crippen LogP contribution in [0, 0.1) is 11.6 Å². The van der Waals surface area contributed by atoms with Crippen molar-refractivity contribution in [2.75, 3.05) is 5.32 Å². The molecule has 0 unspecified atom stereocenters. The summed E-state index contributed by atoms with van der Waals surface area (Å²) in [5, 5.41) is 2.27. The number of nitrogens with two attached hydrogens (primary N) is 1. The lowest BCUT2D eigenvalue weighted by molar-refractivity contribution is -0.117. The molecule has 6 heteroatoms. The van der Waals surface area contributed by atoms with E-state index in [2.05, 4.69) is 21.2 Å². The number of benzene rings is 1. The van der Waals surface area contributed by atoms with Crippen LogP contribution in [0.5, 0.6) is 0 Å². The molecule has 1 saturated carbocycles. The molecular weight excluding hydrogens is 318 g/mol. The van der Waals surface area contributed by atoms with E-state index in [1.165, 1.54) is 0 Å². The number of hydrogen-bond donors (Lipinski definition) is 2. The summed E-state index contributed by atoms with van der Waals surface area (Å²) in [5.74, 6) is -2.07. The van der Waals surface area contributed by atoms with Gasteiger partial charge in [0.25, 0.3) is 0 Å². The van der Waals surface area contributed by atoms with Gasteiger partial charge >= 0.3 is 0 Å². The van der Waals surface area contributed by atoms with Crippen LogP contribution in [-0.2, 0) is 4.79 Å². The van der Waals surface area contributed by atoms with Crippen molar-refractivity contribution < 1.29 is 13.6 Å². The molecular formula is C13H15BrF2N2O. The summed E-state index contributed by atoms with van der Waals surface area (Å²) < 4.78 is 27.4. The van der Waals surface area contributed by atoms with Gasteiger partial charge < -0.3 is 11.1 Å². The van der Waals surface area contributed by atoms with Gasteiger partial charge in [0.2, 0.25) is 5.91 Å². The summed E-state index contributed by atoms with van der Waals surface area (Å²) in [6, 6.07) is 2.21. The molecule has 1 aliphatic rings. The Labute approximate surface area is 118 Å². The van der Waals surface area contributed by atoms with E-state index in [-0.39, 0.29) is 10.9 Å². The number of carbonyl (C=O) groups excluding carboxylic acids is 1. The Morgan fingerprint density at radius 1 is 1.32 bits per heavy atom. The normalized spacial score (nSPS) is 17.5. The Kier molecular flexibility index (Phi) is 4.20. The van der Waals surface area contributed by atoms with Crippen LogP contribution >= 0.6 is 15.9 Å². The van der Waals surface area contributed by atoms with Crippen LogP contribution in [0.15, 0.2) is 16.6 Å². The Bertz CT molecular complexity index is 478. The van der Waals surface area contributed by atoms with Gasteiger partial charge in [0.1, 0.15) is 5.69 Å². The highest BCUT2D eigenvalue weighted by atomic mass is 79.9. The maximum absolute atomic E-state index is 13.6. The highest BCUT2D eigenvalue weighted by molar-refractivity contribution is 9.10. The van der Waals surface area contributed by atoms with Crippen molar-refractivity contribution in [3.05, 3.63) is 28.2 Å². The molecule has 0 atom stereocenters. The summed E-state index contributed by atoms with van der Waals surface area (Å²) in [6.07, 6.45) is 3.61. The second kappa shape index (κ2) is 5.54. The van der Waals surface area contributed by atoms with E-state index in [1.807, 2.05) is 0 Å². The third-order valence-electron chi connectivity index (χ3n) is 3.38. The second-order valence-electron chi connectivity index (χ2n) is 5.04. The van der Waals surface area contributed by atoms with Gasteiger partial charge in [0.05, 0.1) is 0 Å². The molecule has 2 rings (SSSR count). The van der Waals surface area contributed by atoms with E-state index >= 15 is 0 Å². The lowest BCUT2D eigenvalue weighted by Crippen LogP contribution is -2.40. The van der Waals surface area contributed by atoms with Gasteiger partial charge in [-0.3, -0.25) is 4.79 Å². The van der Waals surface area contributed by atoms with Crippen LogP contribution in [0.2, 0.25) is 0 Å². The lowest BCUT2D eigenvalue weighted by Gasteiger charge is -2.22. The topological polar surface area (TPSA) is 55.1 Å². The number of nitrogens with one attached hydrogen (secondary N) is 1. The monoisotopic (exact) mass is 332 g/mol. The number of hydrogen-bond acceptors (Lipinski definition) is 2. The van der Waals surface area contributed by atoms with Gasteiger partial charge in [-0.1, -0.05) is 28.8 Å². The van der Waals surface area contributed by atoms with E-state index in [0.29, 0.717) is 0 Å². The van der Waals surface area contributed by atoms with Gasteiger partial charge in [-0.15, -0.1) is 0 Å². The average Bonchev–Trinajstić information content (AvgIpc) is 2.70. The van der Waals surface area contributed by atoms with Crippen LogP contribution in [-0.4, -0.2) is 11.4 Å². The molecule has 0 saturated heterocycles. The summed E-state index contributed by atoms with van der Waals surface area (Å²) in [5.41, 5.74) is 5.10. The molecule has 0 aromatic heterocycles. The molecule has 19 heavy (non-hydrogen) atoms. The average molecular weight is 333 g/mol. The SMILES string of the molecule is NC1(CC(=O)Nc2c(F)cc(Br)cc2F)CCCC1. The first-order valence-corrected chi connectivity index (χ1v) is 6.92. The quantitative estimate of drug-likeness (QED) is 0.891. The van der Waals surface area contributed by atoms with Crippen molar-refractivity contribution >= 4 is 27.5 Å². The smallest absolute Gasteiger partial charge is 0.226 e. The Balaban J connectivity index is 2.07. The zero-order valence-corrected chi connectivity index (χ0v) is 11.9. The van der Waals surface area contributed by atoms with Crippen molar-refractivity contribution in [1.82, 2.24) is 0 Å². The van der Waals surface area contributed by atoms with Crippen molar-refractivity contribution in [2.45, 2.75) is 37.6 Å². The molecule has 1 amide bonds. The molecule has 1 aliphatic carbocycles. The van der Waals surface area contributed by atoms with Crippen LogP contribution in [0.4, 0.5) is 14.5 Å². The predicted molar refractivity (Wildman–Crippen MR) is 72.7 cm³/mol. The Morgan fingerprint density at radius 2 is 1.84 bits per heavy atom. The fourth-order valence-corrected chi connectivity index (χ4v) is 2.82. The molecule has 3 nitrogen and oxygen atoms in total. The van der Waals surface area contributed by atoms with E-state index in [1.54, 1.807) is 0 Å². The number of amides is 1. The molecule has 0 radical (unpaired) electrons. The first-order chi connectivity index (χ1) is 8.89. The number of halogens is 3. The third-order valence-corrected chi connectivity index (χ3v) is 3.84.